The number of carbonyl (C=O) groups excluding carboxylic acids is 1. The zero-order valence-electron chi connectivity index (χ0n) is 18.2. The first-order valence-corrected chi connectivity index (χ1v) is 10.8. The van der Waals surface area contributed by atoms with E-state index in [2.05, 4.69) is 20.5 Å². The van der Waals surface area contributed by atoms with Gasteiger partial charge in [0.05, 0.1) is 25.4 Å². The summed E-state index contributed by atoms with van der Waals surface area (Å²) in [5.74, 6) is -0.723. The van der Waals surface area contributed by atoms with Crippen LogP contribution in [-0.2, 0) is 11.2 Å². The number of rotatable bonds is 8. The van der Waals surface area contributed by atoms with Gasteiger partial charge in [0.2, 0.25) is 17.0 Å². The minimum absolute atomic E-state index is 0.141. The van der Waals surface area contributed by atoms with Crippen LogP contribution in [0.5, 0.6) is 17.4 Å². The summed E-state index contributed by atoms with van der Waals surface area (Å²) in [6.07, 6.45) is 2.60. The molecule has 4 aromatic rings. The topological polar surface area (TPSA) is 85.7 Å². The zero-order chi connectivity index (χ0) is 23.9. The number of hydrazone groups is 1. The van der Waals surface area contributed by atoms with Gasteiger partial charge in [-0.15, -0.1) is 0 Å². The second-order valence-corrected chi connectivity index (χ2v) is 7.52. The van der Waals surface area contributed by atoms with Gasteiger partial charge in [0.15, 0.2) is 11.5 Å². The van der Waals surface area contributed by atoms with Gasteiger partial charge in [-0.25, -0.2) is 10.4 Å². The van der Waals surface area contributed by atoms with Crippen molar-refractivity contribution in [3.63, 3.8) is 0 Å². The molecule has 1 heterocycles. The predicted octanol–water partition coefficient (Wildman–Crippen LogP) is 5.31. The van der Waals surface area contributed by atoms with Crippen LogP contribution >= 0.6 is 11.6 Å². The van der Waals surface area contributed by atoms with Crippen molar-refractivity contribution in [3.8, 4) is 17.4 Å². The Balaban J connectivity index is 1.42. The number of hydrogen-bond acceptors (Lipinski definition) is 6. The van der Waals surface area contributed by atoms with E-state index >= 15 is 0 Å². The van der Waals surface area contributed by atoms with E-state index in [4.69, 9.17) is 21.1 Å². The fourth-order valence-electron chi connectivity index (χ4n) is 3.22. The maximum Gasteiger partial charge on any atom is 0.260 e. The number of aromatic nitrogens is 2. The first-order chi connectivity index (χ1) is 16.5. The third-order valence-corrected chi connectivity index (χ3v) is 4.92. The van der Waals surface area contributed by atoms with Crippen molar-refractivity contribution in [2.24, 2.45) is 5.10 Å². The second kappa shape index (κ2) is 10.7. The van der Waals surface area contributed by atoms with Gasteiger partial charge in [0.25, 0.3) is 5.88 Å². The Hall–Kier alpha value is -4.04. The number of carbonyl (C=O) groups is 1. The molecule has 172 valence electrons. The number of amides is 1. The largest absolute Gasteiger partial charge is 0.490 e. The van der Waals surface area contributed by atoms with Crippen molar-refractivity contribution >= 4 is 34.5 Å². The summed E-state index contributed by atoms with van der Waals surface area (Å²) in [6.45, 7) is 2.16. The molecule has 0 aliphatic heterocycles. The lowest BCUT2D eigenvalue weighted by molar-refractivity contribution is -0.120. The Bertz CT molecular complexity index is 1360. The molecule has 34 heavy (non-hydrogen) atoms. The van der Waals surface area contributed by atoms with Crippen molar-refractivity contribution < 1.29 is 18.7 Å². The number of fused-ring (bicyclic) bond motifs is 1. The smallest absolute Gasteiger partial charge is 0.260 e. The third kappa shape index (κ3) is 5.85. The van der Waals surface area contributed by atoms with E-state index in [1.54, 1.807) is 25.1 Å². The Morgan fingerprint density at radius 1 is 1.12 bits per heavy atom. The molecule has 0 atom stereocenters. The van der Waals surface area contributed by atoms with Crippen LogP contribution in [0.4, 0.5) is 4.39 Å². The molecule has 1 amide bonds. The number of hydrogen-bond donors (Lipinski definition) is 1. The molecule has 0 spiro atoms. The van der Waals surface area contributed by atoms with Crippen LogP contribution in [0.3, 0.4) is 0 Å². The molecule has 0 saturated heterocycles. The lowest BCUT2D eigenvalue weighted by Gasteiger charge is -2.12. The first-order valence-electron chi connectivity index (χ1n) is 10.4. The average Bonchev–Trinajstić information content (AvgIpc) is 2.83. The molecule has 7 nitrogen and oxygen atoms in total. The highest BCUT2D eigenvalue weighted by Crippen LogP contribution is 2.32. The van der Waals surface area contributed by atoms with Crippen LogP contribution in [0.15, 0.2) is 72.0 Å². The highest BCUT2D eigenvalue weighted by Gasteiger charge is 2.13. The van der Waals surface area contributed by atoms with Gasteiger partial charge in [0.1, 0.15) is 0 Å². The summed E-state index contributed by atoms with van der Waals surface area (Å²) in [5.41, 5.74) is 4.06. The molecule has 4 rings (SSSR count). The van der Waals surface area contributed by atoms with Crippen molar-refractivity contribution in [1.82, 2.24) is 15.4 Å². The third-order valence-electron chi connectivity index (χ3n) is 4.74. The maximum absolute atomic E-state index is 13.9. The minimum atomic E-state index is -0.758. The van der Waals surface area contributed by atoms with E-state index in [0.29, 0.717) is 17.9 Å². The van der Waals surface area contributed by atoms with Gasteiger partial charge in [-0.1, -0.05) is 42.5 Å². The summed E-state index contributed by atoms with van der Waals surface area (Å²) in [6, 6.07) is 18.8. The molecule has 0 saturated carbocycles. The summed E-state index contributed by atoms with van der Waals surface area (Å²) >= 11 is 5.72. The van der Waals surface area contributed by atoms with Crippen LogP contribution < -0.4 is 14.9 Å². The molecule has 1 N–H and O–H groups in total. The highest BCUT2D eigenvalue weighted by molar-refractivity contribution is 6.28. The van der Waals surface area contributed by atoms with Gasteiger partial charge in [-0.2, -0.15) is 14.5 Å². The molecular weight excluding hydrogens is 459 g/mol. The molecule has 0 aliphatic carbocycles. The molecule has 1 aromatic heterocycles. The molecule has 0 unspecified atom stereocenters. The molecule has 3 aromatic carbocycles. The Morgan fingerprint density at radius 3 is 2.76 bits per heavy atom. The van der Waals surface area contributed by atoms with Gasteiger partial charge in [-0.3, -0.25) is 4.79 Å². The minimum Gasteiger partial charge on any atom is -0.490 e. The van der Waals surface area contributed by atoms with Gasteiger partial charge < -0.3 is 9.47 Å². The molecule has 0 bridgehead atoms. The zero-order valence-corrected chi connectivity index (χ0v) is 18.9. The molecule has 0 aliphatic rings. The van der Waals surface area contributed by atoms with Crippen molar-refractivity contribution in [2.45, 2.75) is 13.3 Å². The van der Waals surface area contributed by atoms with Gasteiger partial charge in [-0.05, 0) is 58.6 Å². The van der Waals surface area contributed by atoms with Crippen LogP contribution in [0.25, 0.3) is 10.8 Å². The molecular formula is C25H20ClFN4O3. The molecule has 9 heteroatoms. The van der Waals surface area contributed by atoms with Crippen LogP contribution in [0.1, 0.15) is 18.1 Å². The maximum atomic E-state index is 13.9. The summed E-state index contributed by atoms with van der Waals surface area (Å²) in [4.78, 5) is 19.6. The molecule has 0 fully saturated rings. The Morgan fingerprint density at radius 2 is 1.94 bits per heavy atom. The second-order valence-electron chi connectivity index (χ2n) is 7.18. The van der Waals surface area contributed by atoms with Gasteiger partial charge in [0, 0.05) is 0 Å². The first kappa shape index (κ1) is 23.1. The van der Waals surface area contributed by atoms with Crippen molar-refractivity contribution in [2.75, 3.05) is 6.61 Å². The Labute approximate surface area is 200 Å². The number of halogens is 2. The van der Waals surface area contributed by atoms with Gasteiger partial charge >= 0.3 is 0 Å². The lowest BCUT2D eigenvalue weighted by Crippen LogP contribution is -2.19. The van der Waals surface area contributed by atoms with Crippen LogP contribution in [-0.4, -0.2) is 28.7 Å². The Kier molecular flexibility index (Phi) is 7.29. The van der Waals surface area contributed by atoms with Crippen LogP contribution in [0, 0.1) is 5.82 Å². The summed E-state index contributed by atoms with van der Waals surface area (Å²) < 4.78 is 25.0. The normalized spacial score (nSPS) is 11.0. The SMILES string of the molecule is CCOc1cc(/C=N/NC(=O)Cc2ccc3ccccc3c2)ccc1Oc1nc(Cl)ncc1F. The fraction of sp³-hybridized carbons (Fsp3) is 0.120. The van der Waals surface area contributed by atoms with Crippen molar-refractivity contribution in [3.05, 3.63) is 89.1 Å². The van der Waals surface area contributed by atoms with E-state index in [9.17, 15) is 9.18 Å². The van der Waals surface area contributed by atoms with Crippen LogP contribution in [0.2, 0.25) is 5.28 Å². The van der Waals surface area contributed by atoms with Crippen molar-refractivity contribution in [1.29, 1.82) is 0 Å². The number of benzene rings is 3. The fourth-order valence-corrected chi connectivity index (χ4v) is 3.34. The summed E-state index contributed by atoms with van der Waals surface area (Å²) in [7, 11) is 0. The van der Waals surface area contributed by atoms with E-state index in [0.717, 1.165) is 22.5 Å². The van der Waals surface area contributed by atoms with E-state index < -0.39 is 5.82 Å². The monoisotopic (exact) mass is 478 g/mol. The molecule has 0 radical (unpaired) electrons. The van der Waals surface area contributed by atoms with E-state index in [-0.39, 0.29) is 29.2 Å². The number of nitrogens with zero attached hydrogens (tertiary/aromatic N) is 3. The predicted molar refractivity (Wildman–Crippen MR) is 128 cm³/mol. The number of ether oxygens (including phenoxy) is 2. The highest BCUT2D eigenvalue weighted by atomic mass is 35.5. The lowest BCUT2D eigenvalue weighted by atomic mass is 10.1. The van der Waals surface area contributed by atoms with E-state index in [1.165, 1.54) is 6.21 Å². The standard InChI is InChI=1S/C25H20ClFN4O3/c1-2-33-22-12-17(8-10-21(22)34-24-20(27)15-28-25(26)30-24)14-29-31-23(32)13-16-7-9-18-5-3-4-6-19(18)11-16/h3-12,14-15H,2,13H2,1H3,(H,31,32)/b29-14+. The summed E-state index contributed by atoms with van der Waals surface area (Å²) in [5, 5.41) is 6.07. The quantitative estimate of drug-likeness (QED) is 0.211. The van der Waals surface area contributed by atoms with E-state index in [1.807, 2.05) is 42.5 Å². The average molecular weight is 479 g/mol. The number of nitrogens with one attached hydrogen (secondary N) is 1.